The smallest absolute Gasteiger partial charge is 0.124 e. The summed E-state index contributed by atoms with van der Waals surface area (Å²) in [6.45, 7) is 2.88. The number of benzene rings is 1. The van der Waals surface area contributed by atoms with Gasteiger partial charge in [-0.15, -0.1) is 0 Å². The van der Waals surface area contributed by atoms with Gasteiger partial charge in [0.25, 0.3) is 0 Å². The van der Waals surface area contributed by atoms with Gasteiger partial charge in [0.05, 0.1) is 5.69 Å². The Morgan fingerprint density at radius 1 is 1.25 bits per heavy atom. The largest absolute Gasteiger partial charge is 0.384 e. The Morgan fingerprint density at radius 3 is 2.70 bits per heavy atom. The Balaban J connectivity index is 2.17. The summed E-state index contributed by atoms with van der Waals surface area (Å²) in [6, 6.07) is 11.8. The van der Waals surface area contributed by atoms with E-state index in [0.717, 1.165) is 35.5 Å². The molecule has 0 saturated carbocycles. The Hall–Kier alpha value is -2.36. The third kappa shape index (κ3) is 3.15. The number of amidine groups is 1. The topological polar surface area (TPSA) is 66.0 Å². The van der Waals surface area contributed by atoms with Crippen LogP contribution in [0.15, 0.2) is 42.6 Å². The van der Waals surface area contributed by atoms with Crippen molar-refractivity contribution in [2.24, 2.45) is 5.73 Å². The predicted molar refractivity (Wildman–Crippen MR) is 83.4 cm³/mol. The number of aromatic nitrogens is 1. The van der Waals surface area contributed by atoms with Gasteiger partial charge in [-0.3, -0.25) is 10.4 Å². The van der Waals surface area contributed by atoms with Crippen LogP contribution in [-0.4, -0.2) is 24.4 Å². The molecule has 4 nitrogen and oxygen atoms in total. The van der Waals surface area contributed by atoms with Crippen LogP contribution in [0, 0.1) is 12.3 Å². The zero-order valence-electron chi connectivity index (χ0n) is 11.9. The molecule has 20 heavy (non-hydrogen) atoms. The highest BCUT2D eigenvalue weighted by molar-refractivity contribution is 6.01. The zero-order chi connectivity index (χ0) is 14.5. The molecule has 0 unspecified atom stereocenters. The number of aryl methyl sites for hydroxylation is 1. The second-order valence-corrected chi connectivity index (χ2v) is 4.88. The van der Waals surface area contributed by atoms with Gasteiger partial charge in [0.15, 0.2) is 0 Å². The van der Waals surface area contributed by atoms with Gasteiger partial charge in [-0.25, -0.2) is 0 Å². The Bertz CT molecular complexity index is 593. The summed E-state index contributed by atoms with van der Waals surface area (Å²) in [5, 5.41) is 7.70. The van der Waals surface area contributed by atoms with Crippen LogP contribution in [0.5, 0.6) is 0 Å². The van der Waals surface area contributed by atoms with Gasteiger partial charge >= 0.3 is 0 Å². The van der Waals surface area contributed by atoms with Crippen LogP contribution in [0.3, 0.4) is 0 Å². The first-order chi connectivity index (χ1) is 9.59. The van der Waals surface area contributed by atoms with Crippen molar-refractivity contribution in [3.63, 3.8) is 0 Å². The van der Waals surface area contributed by atoms with Crippen molar-refractivity contribution in [2.45, 2.75) is 13.3 Å². The molecule has 0 radical (unpaired) electrons. The molecule has 1 aromatic heterocycles. The van der Waals surface area contributed by atoms with Crippen LogP contribution in [0.4, 0.5) is 5.69 Å². The number of para-hydroxylation sites is 1. The molecule has 0 fully saturated rings. The lowest BCUT2D eigenvalue weighted by Crippen LogP contribution is -2.25. The summed E-state index contributed by atoms with van der Waals surface area (Å²) in [7, 11) is 2.03. The van der Waals surface area contributed by atoms with Gasteiger partial charge in [-0.05, 0) is 30.7 Å². The summed E-state index contributed by atoms with van der Waals surface area (Å²) in [5.41, 5.74) is 9.68. The number of nitrogens with zero attached hydrogens (tertiary/aromatic N) is 2. The minimum absolute atomic E-state index is 0.105. The van der Waals surface area contributed by atoms with Gasteiger partial charge in [0, 0.05) is 37.5 Å². The van der Waals surface area contributed by atoms with Crippen molar-refractivity contribution in [3.05, 3.63) is 59.4 Å². The number of nitrogen functional groups attached to an aromatic ring is 1. The summed E-state index contributed by atoms with van der Waals surface area (Å²) < 4.78 is 0. The molecule has 4 heteroatoms. The molecule has 0 aliphatic rings. The molecule has 0 spiro atoms. The maximum atomic E-state index is 7.70. The van der Waals surface area contributed by atoms with Crippen molar-refractivity contribution in [1.82, 2.24) is 4.98 Å². The van der Waals surface area contributed by atoms with E-state index in [-0.39, 0.29) is 5.84 Å². The second kappa shape index (κ2) is 6.19. The van der Waals surface area contributed by atoms with Crippen molar-refractivity contribution < 1.29 is 0 Å². The van der Waals surface area contributed by atoms with Crippen molar-refractivity contribution in [1.29, 1.82) is 5.41 Å². The quantitative estimate of drug-likeness (QED) is 0.646. The third-order valence-electron chi connectivity index (χ3n) is 3.34. The van der Waals surface area contributed by atoms with Crippen molar-refractivity contribution in [3.8, 4) is 0 Å². The van der Waals surface area contributed by atoms with Gasteiger partial charge in [0.2, 0.25) is 0 Å². The molecule has 1 heterocycles. The van der Waals surface area contributed by atoms with Crippen LogP contribution in [0.2, 0.25) is 0 Å². The van der Waals surface area contributed by atoms with Crippen LogP contribution in [-0.2, 0) is 6.42 Å². The fourth-order valence-corrected chi connectivity index (χ4v) is 2.32. The number of hydrogen-bond donors (Lipinski definition) is 2. The van der Waals surface area contributed by atoms with Crippen molar-refractivity contribution >= 4 is 11.5 Å². The first kappa shape index (κ1) is 14.1. The van der Waals surface area contributed by atoms with Crippen LogP contribution >= 0.6 is 0 Å². The number of nitrogens with one attached hydrogen (secondary N) is 1. The molecule has 1 aromatic carbocycles. The number of anilines is 1. The molecular formula is C16H20N4. The summed E-state index contributed by atoms with van der Waals surface area (Å²) in [6.07, 6.45) is 2.67. The molecule has 3 N–H and O–H groups in total. The Morgan fingerprint density at radius 2 is 2.05 bits per heavy atom. The lowest BCUT2D eigenvalue weighted by molar-refractivity contribution is 0.848. The SMILES string of the molecule is Cc1cccc(C(=N)N)c1N(C)CCc1ccccn1. The molecule has 0 bridgehead atoms. The third-order valence-corrected chi connectivity index (χ3v) is 3.34. The minimum atomic E-state index is 0.105. The van der Waals surface area contributed by atoms with E-state index in [1.807, 2.05) is 56.6 Å². The maximum Gasteiger partial charge on any atom is 0.124 e. The lowest BCUT2D eigenvalue weighted by Gasteiger charge is -2.24. The highest BCUT2D eigenvalue weighted by Gasteiger charge is 2.12. The van der Waals surface area contributed by atoms with Gasteiger partial charge in [0.1, 0.15) is 5.84 Å². The summed E-state index contributed by atoms with van der Waals surface area (Å²) >= 11 is 0. The second-order valence-electron chi connectivity index (χ2n) is 4.88. The van der Waals surface area contributed by atoms with Crippen LogP contribution in [0.25, 0.3) is 0 Å². The van der Waals surface area contributed by atoms with Crippen LogP contribution in [0.1, 0.15) is 16.8 Å². The average molecular weight is 268 g/mol. The molecule has 0 amide bonds. The van der Waals surface area contributed by atoms with E-state index in [9.17, 15) is 0 Å². The van der Waals surface area contributed by atoms with E-state index in [1.165, 1.54) is 0 Å². The summed E-state index contributed by atoms with van der Waals surface area (Å²) in [4.78, 5) is 6.47. The zero-order valence-corrected chi connectivity index (χ0v) is 11.9. The predicted octanol–water partition coefficient (Wildman–Crippen LogP) is 2.35. The van der Waals surface area contributed by atoms with E-state index in [2.05, 4.69) is 9.88 Å². The molecule has 0 aliphatic heterocycles. The maximum absolute atomic E-state index is 7.70. The molecular weight excluding hydrogens is 248 g/mol. The number of pyridine rings is 1. The highest BCUT2D eigenvalue weighted by Crippen LogP contribution is 2.24. The Kier molecular flexibility index (Phi) is 4.35. The number of likely N-dealkylation sites (N-methyl/N-ethyl adjacent to an activating group) is 1. The number of nitrogens with two attached hydrogens (primary N) is 1. The van der Waals surface area contributed by atoms with E-state index in [0.29, 0.717) is 0 Å². The monoisotopic (exact) mass is 268 g/mol. The molecule has 0 atom stereocenters. The Labute approximate surface area is 119 Å². The average Bonchev–Trinajstić information content (AvgIpc) is 2.45. The summed E-state index contributed by atoms with van der Waals surface area (Å²) in [5.74, 6) is 0.105. The van der Waals surface area contributed by atoms with Crippen molar-refractivity contribution in [2.75, 3.05) is 18.5 Å². The number of hydrogen-bond acceptors (Lipinski definition) is 3. The molecule has 2 rings (SSSR count). The van der Waals surface area contributed by atoms with Gasteiger partial charge in [-0.1, -0.05) is 18.2 Å². The van der Waals surface area contributed by atoms with E-state index in [4.69, 9.17) is 11.1 Å². The standard InChI is InChI=1S/C16H20N4/c1-12-6-5-8-14(16(17)18)15(12)20(2)11-9-13-7-3-4-10-19-13/h3-8,10H,9,11H2,1-2H3,(H3,17,18). The normalized spacial score (nSPS) is 10.3. The highest BCUT2D eigenvalue weighted by atomic mass is 15.1. The van der Waals surface area contributed by atoms with Gasteiger partial charge < -0.3 is 10.6 Å². The minimum Gasteiger partial charge on any atom is -0.384 e. The fourth-order valence-electron chi connectivity index (χ4n) is 2.32. The molecule has 0 saturated heterocycles. The van der Waals surface area contributed by atoms with E-state index in [1.54, 1.807) is 0 Å². The molecule has 0 aliphatic carbocycles. The van der Waals surface area contributed by atoms with E-state index >= 15 is 0 Å². The molecule has 104 valence electrons. The lowest BCUT2D eigenvalue weighted by atomic mass is 10.1. The first-order valence-corrected chi connectivity index (χ1v) is 6.64. The van der Waals surface area contributed by atoms with Gasteiger partial charge in [-0.2, -0.15) is 0 Å². The number of rotatable bonds is 5. The first-order valence-electron chi connectivity index (χ1n) is 6.64. The van der Waals surface area contributed by atoms with E-state index < -0.39 is 0 Å². The fraction of sp³-hybridized carbons (Fsp3) is 0.250. The molecule has 2 aromatic rings. The van der Waals surface area contributed by atoms with Crippen LogP contribution < -0.4 is 10.6 Å².